The van der Waals surface area contributed by atoms with Crippen molar-refractivity contribution in [1.29, 1.82) is 0 Å². The summed E-state index contributed by atoms with van der Waals surface area (Å²) >= 11 is 0. The quantitative estimate of drug-likeness (QED) is 0.600. The number of sulfonamides is 1. The first-order valence-corrected chi connectivity index (χ1v) is 12.4. The van der Waals surface area contributed by atoms with E-state index in [1.54, 1.807) is 30.3 Å². The number of rotatable bonds is 9. The molecule has 1 aliphatic heterocycles. The van der Waals surface area contributed by atoms with E-state index in [0.717, 1.165) is 18.6 Å². The maximum absolute atomic E-state index is 12.7. The number of hydrogen-bond acceptors (Lipinski definition) is 4. The minimum Gasteiger partial charge on any atom is -0.491 e. The zero-order valence-corrected chi connectivity index (χ0v) is 19.1. The van der Waals surface area contributed by atoms with Gasteiger partial charge in [0, 0.05) is 25.6 Å². The molecule has 0 aromatic heterocycles. The van der Waals surface area contributed by atoms with Gasteiger partial charge in [-0.15, -0.1) is 0 Å². The maximum atomic E-state index is 12.7. The zero-order valence-electron chi connectivity index (χ0n) is 18.3. The summed E-state index contributed by atoms with van der Waals surface area (Å²) in [7, 11) is -3.48. The van der Waals surface area contributed by atoms with E-state index in [4.69, 9.17) is 4.74 Å². The molecule has 1 saturated heterocycles. The number of nitrogens with one attached hydrogen (secondary N) is 1. The van der Waals surface area contributed by atoms with Crippen LogP contribution >= 0.6 is 0 Å². The molecule has 6 nitrogen and oxygen atoms in total. The van der Waals surface area contributed by atoms with Gasteiger partial charge in [0.15, 0.2) is 0 Å². The number of carbonyl (C=O) groups is 1. The smallest absolute Gasteiger partial charge is 0.243 e. The first-order valence-electron chi connectivity index (χ1n) is 10.9. The van der Waals surface area contributed by atoms with E-state index in [-0.39, 0.29) is 17.9 Å². The van der Waals surface area contributed by atoms with E-state index in [0.29, 0.717) is 37.4 Å². The molecule has 0 atom stereocenters. The van der Waals surface area contributed by atoms with Gasteiger partial charge in [-0.1, -0.05) is 30.3 Å². The molecule has 1 amide bonds. The highest BCUT2D eigenvalue weighted by atomic mass is 32.2. The third-order valence-corrected chi connectivity index (χ3v) is 7.36. The van der Waals surface area contributed by atoms with Gasteiger partial charge in [0.05, 0.1) is 11.0 Å². The van der Waals surface area contributed by atoms with Gasteiger partial charge in [0.2, 0.25) is 15.9 Å². The van der Waals surface area contributed by atoms with Crippen molar-refractivity contribution < 1.29 is 17.9 Å². The SMILES string of the molecule is CC(C)Oc1ccc(CCCNC(=O)C2CCN(S(=O)(=O)c3ccccc3)CC2)cc1. The Kier molecular flexibility index (Phi) is 8.09. The third-order valence-electron chi connectivity index (χ3n) is 5.44. The van der Waals surface area contributed by atoms with Crippen molar-refractivity contribution >= 4 is 15.9 Å². The molecule has 0 radical (unpaired) electrons. The summed E-state index contributed by atoms with van der Waals surface area (Å²) in [4.78, 5) is 12.8. The van der Waals surface area contributed by atoms with E-state index < -0.39 is 10.0 Å². The molecular weight excluding hydrogens is 412 g/mol. The Balaban J connectivity index is 1.38. The fraction of sp³-hybridized carbons (Fsp3) is 0.458. The van der Waals surface area contributed by atoms with Gasteiger partial charge in [-0.2, -0.15) is 4.31 Å². The Morgan fingerprint density at radius 3 is 2.32 bits per heavy atom. The van der Waals surface area contributed by atoms with E-state index in [9.17, 15) is 13.2 Å². The maximum Gasteiger partial charge on any atom is 0.243 e. The van der Waals surface area contributed by atoms with Crippen molar-refractivity contribution in [2.45, 2.75) is 50.5 Å². The van der Waals surface area contributed by atoms with Crippen LogP contribution in [0, 0.1) is 5.92 Å². The standard InChI is InChI=1S/C24H32N2O4S/c1-19(2)30-22-12-10-20(11-13-22)7-6-16-25-24(27)21-14-17-26(18-15-21)31(28,29)23-8-4-3-5-9-23/h3-5,8-13,19,21H,6-7,14-18H2,1-2H3,(H,25,27). The molecule has 0 bridgehead atoms. The fourth-order valence-corrected chi connectivity index (χ4v) is 5.25. The number of amides is 1. The second kappa shape index (κ2) is 10.8. The fourth-order valence-electron chi connectivity index (χ4n) is 3.76. The van der Waals surface area contributed by atoms with Gasteiger partial charge in [-0.25, -0.2) is 8.42 Å². The number of ether oxygens (including phenoxy) is 1. The Hall–Kier alpha value is -2.38. The molecule has 1 heterocycles. The monoisotopic (exact) mass is 444 g/mol. The lowest BCUT2D eigenvalue weighted by Crippen LogP contribution is -2.43. The summed E-state index contributed by atoms with van der Waals surface area (Å²) < 4.78 is 32.5. The number of benzene rings is 2. The molecule has 0 spiro atoms. The molecule has 7 heteroatoms. The molecule has 31 heavy (non-hydrogen) atoms. The van der Waals surface area contributed by atoms with Crippen LogP contribution in [0.15, 0.2) is 59.5 Å². The van der Waals surface area contributed by atoms with Crippen LogP contribution in [0.5, 0.6) is 5.75 Å². The van der Waals surface area contributed by atoms with Crippen LogP contribution in [0.25, 0.3) is 0 Å². The lowest BCUT2D eigenvalue weighted by molar-refractivity contribution is -0.126. The molecule has 2 aromatic carbocycles. The van der Waals surface area contributed by atoms with Crippen LogP contribution < -0.4 is 10.1 Å². The molecule has 3 rings (SSSR count). The van der Waals surface area contributed by atoms with Crippen molar-refractivity contribution in [2.24, 2.45) is 5.92 Å². The molecule has 168 valence electrons. The minimum absolute atomic E-state index is 0.0254. The molecule has 0 aliphatic carbocycles. The van der Waals surface area contributed by atoms with Crippen LogP contribution in [0.1, 0.15) is 38.7 Å². The highest BCUT2D eigenvalue weighted by Crippen LogP contribution is 2.24. The van der Waals surface area contributed by atoms with Gasteiger partial charge in [0.1, 0.15) is 5.75 Å². The van der Waals surface area contributed by atoms with Crippen molar-refractivity contribution in [1.82, 2.24) is 9.62 Å². The Labute approximate surface area is 185 Å². The van der Waals surface area contributed by atoms with E-state index >= 15 is 0 Å². The lowest BCUT2D eigenvalue weighted by atomic mass is 9.97. The molecule has 1 N–H and O–H groups in total. The topological polar surface area (TPSA) is 75.7 Å². The average molecular weight is 445 g/mol. The Morgan fingerprint density at radius 1 is 1.06 bits per heavy atom. The predicted molar refractivity (Wildman–Crippen MR) is 121 cm³/mol. The minimum atomic E-state index is -3.48. The Bertz CT molecular complexity index is 935. The normalized spacial score (nSPS) is 15.7. The average Bonchev–Trinajstić information content (AvgIpc) is 2.78. The summed E-state index contributed by atoms with van der Waals surface area (Å²) in [5, 5.41) is 3.01. The van der Waals surface area contributed by atoms with Crippen LogP contribution in [-0.2, 0) is 21.2 Å². The molecule has 1 fully saturated rings. The summed E-state index contributed by atoms with van der Waals surface area (Å²) in [6.07, 6.45) is 3.00. The van der Waals surface area contributed by atoms with Gasteiger partial charge < -0.3 is 10.1 Å². The van der Waals surface area contributed by atoms with E-state index in [1.165, 1.54) is 9.87 Å². The summed E-state index contributed by atoms with van der Waals surface area (Å²) in [6, 6.07) is 16.5. The molecule has 1 aliphatic rings. The van der Waals surface area contributed by atoms with Gasteiger partial charge >= 0.3 is 0 Å². The van der Waals surface area contributed by atoms with Gasteiger partial charge in [0.25, 0.3) is 0 Å². The summed E-state index contributed by atoms with van der Waals surface area (Å²) in [6.45, 7) is 5.37. The largest absolute Gasteiger partial charge is 0.491 e. The van der Waals surface area contributed by atoms with Gasteiger partial charge in [-0.3, -0.25) is 4.79 Å². The molecule has 0 unspecified atom stereocenters. The van der Waals surface area contributed by atoms with E-state index in [2.05, 4.69) is 17.4 Å². The second-order valence-electron chi connectivity index (χ2n) is 8.20. The highest BCUT2D eigenvalue weighted by molar-refractivity contribution is 7.89. The molecule has 0 saturated carbocycles. The summed E-state index contributed by atoms with van der Waals surface area (Å²) in [5.41, 5.74) is 1.21. The first kappa shape index (κ1) is 23.3. The predicted octanol–water partition coefficient (Wildman–Crippen LogP) is 3.62. The number of aryl methyl sites for hydroxylation is 1. The highest BCUT2D eigenvalue weighted by Gasteiger charge is 2.31. The first-order chi connectivity index (χ1) is 14.9. The Morgan fingerprint density at radius 2 is 1.71 bits per heavy atom. The van der Waals surface area contributed by atoms with Crippen LogP contribution in [0.2, 0.25) is 0 Å². The van der Waals surface area contributed by atoms with Crippen molar-refractivity contribution in [3.63, 3.8) is 0 Å². The molecular formula is C24H32N2O4S. The second-order valence-corrected chi connectivity index (χ2v) is 10.1. The number of carbonyl (C=O) groups excluding carboxylic acids is 1. The van der Waals surface area contributed by atoms with E-state index in [1.807, 2.05) is 26.0 Å². The third kappa shape index (κ3) is 6.55. The zero-order chi connectivity index (χ0) is 22.3. The van der Waals surface area contributed by atoms with Crippen LogP contribution in [-0.4, -0.2) is 44.4 Å². The van der Waals surface area contributed by atoms with Crippen molar-refractivity contribution in [2.75, 3.05) is 19.6 Å². The van der Waals surface area contributed by atoms with Crippen LogP contribution in [0.4, 0.5) is 0 Å². The van der Waals surface area contributed by atoms with Crippen molar-refractivity contribution in [3.05, 3.63) is 60.2 Å². The van der Waals surface area contributed by atoms with Gasteiger partial charge in [-0.05, 0) is 69.4 Å². The number of hydrogen-bond donors (Lipinski definition) is 1. The summed E-state index contributed by atoms with van der Waals surface area (Å²) in [5.74, 6) is 0.764. The number of piperidine rings is 1. The van der Waals surface area contributed by atoms with Crippen LogP contribution in [0.3, 0.4) is 0 Å². The van der Waals surface area contributed by atoms with Crippen molar-refractivity contribution in [3.8, 4) is 5.75 Å². The lowest BCUT2D eigenvalue weighted by Gasteiger charge is -2.30. The molecule has 2 aromatic rings. The number of nitrogens with zero attached hydrogens (tertiary/aromatic N) is 1.